The lowest BCUT2D eigenvalue weighted by atomic mass is 10.1. The van der Waals surface area contributed by atoms with Gasteiger partial charge in [0, 0.05) is 12.3 Å². The maximum absolute atomic E-state index is 4.99. The fraction of sp³-hybridized carbons (Fsp3) is 0.308. The van der Waals surface area contributed by atoms with Crippen LogP contribution in [0, 0.1) is 5.92 Å². The summed E-state index contributed by atoms with van der Waals surface area (Å²) in [6.07, 6.45) is 5.91. The van der Waals surface area contributed by atoms with Crippen LogP contribution in [0.4, 0.5) is 0 Å². The summed E-state index contributed by atoms with van der Waals surface area (Å²) in [6.45, 7) is 8.25. The summed E-state index contributed by atoms with van der Waals surface area (Å²) in [7, 11) is 1.61. The van der Waals surface area contributed by atoms with Gasteiger partial charge in [-0.1, -0.05) is 32.6 Å². The molecule has 0 spiro atoms. The topological polar surface area (TPSA) is 22.1 Å². The molecule has 2 heteroatoms. The molecule has 1 rings (SSSR count). The summed E-state index contributed by atoms with van der Waals surface area (Å²) in [4.78, 5) is 4.13. The number of methoxy groups -OCH3 is 1. The Hall–Kier alpha value is -1.57. The summed E-state index contributed by atoms with van der Waals surface area (Å²) in [5.41, 5.74) is 1.99. The molecule has 0 amide bonds. The molecular weight excluding hydrogens is 186 g/mol. The minimum absolute atomic E-state index is 0.535. The molecular formula is C13H17NO. The van der Waals surface area contributed by atoms with Crippen LogP contribution in [0.2, 0.25) is 0 Å². The lowest BCUT2D eigenvalue weighted by molar-refractivity contribution is 0.398. The van der Waals surface area contributed by atoms with Crippen molar-refractivity contribution in [3.8, 4) is 5.88 Å². The van der Waals surface area contributed by atoms with Crippen LogP contribution in [0.5, 0.6) is 5.88 Å². The molecule has 1 aromatic heterocycles. The summed E-state index contributed by atoms with van der Waals surface area (Å²) in [6, 6.07) is 3.79. The number of ether oxygens (including phenoxy) is 1. The van der Waals surface area contributed by atoms with Gasteiger partial charge in [0.25, 0.3) is 0 Å². The minimum Gasteiger partial charge on any atom is -0.481 e. The Balaban J connectivity index is 2.74. The fourth-order valence-electron chi connectivity index (χ4n) is 1.10. The number of hydrogen-bond acceptors (Lipinski definition) is 2. The summed E-state index contributed by atoms with van der Waals surface area (Å²) < 4.78 is 4.99. The lowest BCUT2D eigenvalue weighted by Gasteiger charge is -2.02. The molecule has 0 radical (unpaired) electrons. The zero-order chi connectivity index (χ0) is 11.3. The van der Waals surface area contributed by atoms with E-state index in [9.17, 15) is 0 Å². The Morgan fingerprint density at radius 3 is 2.67 bits per heavy atom. The predicted molar refractivity (Wildman–Crippen MR) is 63.8 cm³/mol. The van der Waals surface area contributed by atoms with Crippen molar-refractivity contribution in [2.75, 3.05) is 7.11 Å². The molecule has 0 N–H and O–H groups in total. The van der Waals surface area contributed by atoms with Crippen molar-refractivity contribution in [1.82, 2.24) is 4.98 Å². The van der Waals surface area contributed by atoms with Crippen LogP contribution in [0.1, 0.15) is 19.4 Å². The quantitative estimate of drug-likeness (QED) is 0.700. The number of pyridine rings is 1. The van der Waals surface area contributed by atoms with Gasteiger partial charge >= 0.3 is 0 Å². The zero-order valence-corrected chi connectivity index (χ0v) is 9.53. The number of hydrogen-bond donors (Lipinski definition) is 0. The molecule has 0 bridgehead atoms. The molecule has 0 saturated carbocycles. The smallest absolute Gasteiger partial charge is 0.212 e. The third-order valence-electron chi connectivity index (χ3n) is 2.00. The monoisotopic (exact) mass is 203 g/mol. The molecule has 1 aromatic rings. The van der Waals surface area contributed by atoms with E-state index in [1.165, 1.54) is 0 Å². The Bertz CT molecular complexity index is 349. The van der Waals surface area contributed by atoms with E-state index in [1.807, 2.05) is 18.2 Å². The van der Waals surface area contributed by atoms with Gasteiger partial charge in [0.05, 0.1) is 7.11 Å². The number of aromatic nitrogens is 1. The van der Waals surface area contributed by atoms with Gasteiger partial charge in [0.2, 0.25) is 5.88 Å². The zero-order valence-electron chi connectivity index (χ0n) is 9.53. The van der Waals surface area contributed by atoms with E-state index in [2.05, 4.69) is 31.5 Å². The van der Waals surface area contributed by atoms with Crippen LogP contribution in [0.15, 0.2) is 37.1 Å². The first kappa shape index (κ1) is 11.5. The van der Waals surface area contributed by atoms with Crippen LogP contribution in [-0.4, -0.2) is 12.1 Å². The molecule has 15 heavy (non-hydrogen) atoms. The molecule has 0 unspecified atom stereocenters. The first-order valence-electron chi connectivity index (χ1n) is 5.01. The van der Waals surface area contributed by atoms with Crippen LogP contribution in [-0.2, 0) is 0 Å². The normalized spacial score (nSPS) is 10.9. The summed E-state index contributed by atoms with van der Waals surface area (Å²) in [5, 5.41) is 0. The van der Waals surface area contributed by atoms with E-state index in [1.54, 1.807) is 13.3 Å². The standard InChI is InChI=1S/C13H17NO/c1-10(2)5-6-11(3)12-7-8-13(15-4)14-9-12/h5-10H,3H2,1-2,4H3/b6-5-. The molecule has 0 aliphatic heterocycles. The first-order valence-corrected chi connectivity index (χ1v) is 5.01. The van der Waals surface area contributed by atoms with Crippen molar-refractivity contribution in [3.05, 3.63) is 42.6 Å². The van der Waals surface area contributed by atoms with Gasteiger partial charge in [-0.25, -0.2) is 4.98 Å². The average molecular weight is 203 g/mol. The first-order chi connectivity index (χ1) is 7.13. The largest absolute Gasteiger partial charge is 0.481 e. The Morgan fingerprint density at radius 1 is 1.47 bits per heavy atom. The molecule has 1 heterocycles. The van der Waals surface area contributed by atoms with Crippen molar-refractivity contribution in [1.29, 1.82) is 0 Å². The predicted octanol–water partition coefficient (Wildman–Crippen LogP) is 3.32. The summed E-state index contributed by atoms with van der Waals surface area (Å²) >= 11 is 0. The minimum atomic E-state index is 0.535. The maximum atomic E-state index is 4.99. The van der Waals surface area contributed by atoms with Gasteiger partial charge in [-0.2, -0.15) is 0 Å². The Morgan fingerprint density at radius 2 is 2.20 bits per heavy atom. The number of allylic oxidation sites excluding steroid dienone is 3. The third-order valence-corrected chi connectivity index (χ3v) is 2.00. The van der Waals surface area contributed by atoms with Crippen LogP contribution >= 0.6 is 0 Å². The van der Waals surface area contributed by atoms with Gasteiger partial charge in [0.15, 0.2) is 0 Å². The average Bonchev–Trinajstić information content (AvgIpc) is 2.26. The maximum Gasteiger partial charge on any atom is 0.212 e. The highest BCUT2D eigenvalue weighted by Gasteiger charge is 1.97. The fourth-order valence-corrected chi connectivity index (χ4v) is 1.10. The number of nitrogens with zero attached hydrogens (tertiary/aromatic N) is 1. The van der Waals surface area contributed by atoms with Gasteiger partial charge < -0.3 is 4.74 Å². The molecule has 0 atom stereocenters. The van der Waals surface area contributed by atoms with E-state index in [4.69, 9.17) is 4.74 Å². The molecule has 80 valence electrons. The van der Waals surface area contributed by atoms with Gasteiger partial charge in [-0.15, -0.1) is 0 Å². The van der Waals surface area contributed by atoms with E-state index in [0.717, 1.165) is 11.1 Å². The van der Waals surface area contributed by atoms with Crippen molar-refractivity contribution in [3.63, 3.8) is 0 Å². The third kappa shape index (κ3) is 3.58. The van der Waals surface area contributed by atoms with E-state index in [0.29, 0.717) is 11.8 Å². The molecule has 0 fully saturated rings. The SMILES string of the molecule is C=C(/C=C\C(C)C)c1ccc(OC)nc1. The molecule has 0 aliphatic rings. The molecule has 2 nitrogen and oxygen atoms in total. The summed E-state index contributed by atoms with van der Waals surface area (Å²) in [5.74, 6) is 1.16. The number of rotatable bonds is 4. The Labute approximate surface area is 91.3 Å². The van der Waals surface area contributed by atoms with Gasteiger partial charge in [-0.3, -0.25) is 0 Å². The molecule has 0 aliphatic carbocycles. The highest BCUT2D eigenvalue weighted by molar-refractivity contribution is 5.71. The Kier molecular flexibility index (Phi) is 4.10. The second-order valence-electron chi connectivity index (χ2n) is 3.72. The van der Waals surface area contributed by atoms with Crippen molar-refractivity contribution >= 4 is 5.57 Å². The highest BCUT2D eigenvalue weighted by Crippen LogP contribution is 2.16. The van der Waals surface area contributed by atoms with E-state index >= 15 is 0 Å². The van der Waals surface area contributed by atoms with Crippen molar-refractivity contribution < 1.29 is 4.74 Å². The van der Waals surface area contributed by atoms with Gasteiger partial charge in [0.1, 0.15) is 0 Å². The second-order valence-corrected chi connectivity index (χ2v) is 3.72. The highest BCUT2D eigenvalue weighted by atomic mass is 16.5. The van der Waals surface area contributed by atoms with Gasteiger partial charge in [-0.05, 0) is 23.1 Å². The lowest BCUT2D eigenvalue weighted by Crippen LogP contribution is -1.88. The van der Waals surface area contributed by atoms with E-state index in [-0.39, 0.29) is 0 Å². The molecule has 0 saturated heterocycles. The van der Waals surface area contributed by atoms with E-state index < -0.39 is 0 Å². The van der Waals surface area contributed by atoms with Crippen LogP contribution in [0.25, 0.3) is 5.57 Å². The second kappa shape index (κ2) is 5.35. The van der Waals surface area contributed by atoms with Crippen molar-refractivity contribution in [2.45, 2.75) is 13.8 Å². The molecule has 0 aromatic carbocycles. The van der Waals surface area contributed by atoms with Crippen LogP contribution in [0.3, 0.4) is 0 Å². The van der Waals surface area contributed by atoms with Crippen LogP contribution < -0.4 is 4.74 Å². The van der Waals surface area contributed by atoms with Crippen molar-refractivity contribution in [2.24, 2.45) is 5.92 Å².